The van der Waals surface area contributed by atoms with Gasteiger partial charge in [-0.05, 0) is 32.6 Å². The zero-order chi connectivity index (χ0) is 12.8. The summed E-state index contributed by atoms with van der Waals surface area (Å²) in [7, 11) is 0. The maximum atomic E-state index is 11.8. The smallest absolute Gasteiger partial charge is 0.325 e. The van der Waals surface area contributed by atoms with Crippen LogP contribution >= 0.6 is 0 Å². The number of carboxylic acids is 1. The number of aliphatic carboxylic acids is 1. The summed E-state index contributed by atoms with van der Waals surface area (Å²) < 4.78 is 0. The molecule has 98 valence electrons. The van der Waals surface area contributed by atoms with Crippen molar-refractivity contribution in [2.24, 2.45) is 0 Å². The van der Waals surface area contributed by atoms with Crippen molar-refractivity contribution < 1.29 is 19.8 Å². The molecule has 2 unspecified atom stereocenters. The molecule has 6 heteroatoms. The number of urea groups is 1. The van der Waals surface area contributed by atoms with Crippen molar-refractivity contribution in [3.63, 3.8) is 0 Å². The van der Waals surface area contributed by atoms with E-state index in [1.807, 2.05) is 0 Å². The van der Waals surface area contributed by atoms with Crippen LogP contribution in [0.1, 0.15) is 32.6 Å². The summed E-state index contributed by atoms with van der Waals surface area (Å²) in [4.78, 5) is 24.1. The van der Waals surface area contributed by atoms with Gasteiger partial charge in [-0.25, -0.2) is 4.79 Å². The fourth-order valence-corrected chi connectivity index (χ4v) is 2.06. The number of aliphatic hydroxyl groups excluding tert-OH is 1. The minimum atomic E-state index is -1.04. The number of hydrogen-bond donors (Lipinski definition) is 3. The molecule has 0 aromatic rings. The van der Waals surface area contributed by atoms with Crippen molar-refractivity contribution >= 4 is 12.0 Å². The Balaban J connectivity index is 2.46. The zero-order valence-electron chi connectivity index (χ0n) is 10.1. The van der Waals surface area contributed by atoms with E-state index in [0.29, 0.717) is 13.0 Å². The highest BCUT2D eigenvalue weighted by atomic mass is 16.4. The molecule has 0 spiro atoms. The quantitative estimate of drug-likeness (QED) is 0.653. The van der Waals surface area contributed by atoms with Crippen molar-refractivity contribution in [1.82, 2.24) is 10.2 Å². The van der Waals surface area contributed by atoms with Crippen molar-refractivity contribution in [1.29, 1.82) is 0 Å². The molecule has 0 aliphatic carbocycles. The lowest BCUT2D eigenvalue weighted by atomic mass is 10.1. The van der Waals surface area contributed by atoms with Gasteiger partial charge in [0.2, 0.25) is 0 Å². The molecule has 1 aliphatic rings. The summed E-state index contributed by atoms with van der Waals surface area (Å²) in [5.74, 6) is -1.04. The standard InChI is InChI=1S/C11H20N2O4/c1-8(10(15)16)12-11(17)13-6-2-4-9(13)5-3-7-14/h8-9,14H,2-7H2,1H3,(H,12,17)(H,15,16). The van der Waals surface area contributed by atoms with Crippen molar-refractivity contribution in [2.75, 3.05) is 13.2 Å². The second-order valence-corrected chi connectivity index (χ2v) is 4.36. The zero-order valence-corrected chi connectivity index (χ0v) is 10.1. The Morgan fingerprint density at radius 3 is 2.82 bits per heavy atom. The average molecular weight is 244 g/mol. The lowest BCUT2D eigenvalue weighted by Gasteiger charge is -2.25. The molecular formula is C11H20N2O4. The van der Waals surface area contributed by atoms with Crippen LogP contribution in [-0.4, -0.2) is 52.3 Å². The Morgan fingerprint density at radius 2 is 2.24 bits per heavy atom. The first-order valence-electron chi connectivity index (χ1n) is 5.97. The summed E-state index contributed by atoms with van der Waals surface area (Å²) in [5, 5.41) is 19.9. The van der Waals surface area contributed by atoms with Gasteiger partial charge >= 0.3 is 12.0 Å². The van der Waals surface area contributed by atoms with Crippen molar-refractivity contribution in [2.45, 2.75) is 44.7 Å². The van der Waals surface area contributed by atoms with E-state index < -0.39 is 12.0 Å². The second kappa shape index (κ2) is 6.44. The lowest BCUT2D eigenvalue weighted by molar-refractivity contribution is -0.138. The monoisotopic (exact) mass is 244 g/mol. The van der Waals surface area contributed by atoms with E-state index in [0.717, 1.165) is 19.3 Å². The van der Waals surface area contributed by atoms with E-state index in [4.69, 9.17) is 10.2 Å². The summed E-state index contributed by atoms with van der Waals surface area (Å²) in [5.41, 5.74) is 0. The highest BCUT2D eigenvalue weighted by Crippen LogP contribution is 2.21. The van der Waals surface area contributed by atoms with Crippen LogP contribution in [0, 0.1) is 0 Å². The van der Waals surface area contributed by atoms with E-state index in [1.165, 1.54) is 6.92 Å². The highest BCUT2D eigenvalue weighted by Gasteiger charge is 2.29. The van der Waals surface area contributed by atoms with Crippen LogP contribution in [0.5, 0.6) is 0 Å². The fraction of sp³-hybridized carbons (Fsp3) is 0.818. The van der Waals surface area contributed by atoms with Gasteiger partial charge in [-0.15, -0.1) is 0 Å². The van der Waals surface area contributed by atoms with Gasteiger partial charge in [0.15, 0.2) is 0 Å². The Morgan fingerprint density at radius 1 is 1.53 bits per heavy atom. The van der Waals surface area contributed by atoms with Gasteiger partial charge in [-0.3, -0.25) is 4.79 Å². The molecule has 17 heavy (non-hydrogen) atoms. The number of carbonyl (C=O) groups excluding carboxylic acids is 1. The number of rotatable bonds is 5. The molecule has 0 saturated carbocycles. The molecule has 1 fully saturated rings. The van der Waals surface area contributed by atoms with Gasteiger partial charge in [0.05, 0.1) is 0 Å². The van der Waals surface area contributed by atoms with Gasteiger partial charge < -0.3 is 20.4 Å². The number of hydrogen-bond acceptors (Lipinski definition) is 3. The SMILES string of the molecule is CC(NC(=O)N1CCCC1CCCO)C(=O)O. The number of carbonyl (C=O) groups is 2. The van der Waals surface area contributed by atoms with E-state index in [2.05, 4.69) is 5.32 Å². The van der Waals surface area contributed by atoms with Crippen LogP contribution in [0.25, 0.3) is 0 Å². The number of aliphatic hydroxyl groups is 1. The molecule has 0 bridgehead atoms. The number of likely N-dealkylation sites (tertiary alicyclic amines) is 1. The van der Waals surface area contributed by atoms with E-state index >= 15 is 0 Å². The lowest BCUT2D eigenvalue weighted by Crippen LogP contribution is -2.48. The molecule has 1 rings (SSSR count). The third kappa shape index (κ3) is 3.89. The van der Waals surface area contributed by atoms with Crippen LogP contribution in [0.3, 0.4) is 0 Å². The predicted molar refractivity (Wildman–Crippen MR) is 61.7 cm³/mol. The molecule has 1 saturated heterocycles. The minimum Gasteiger partial charge on any atom is -0.480 e. The largest absolute Gasteiger partial charge is 0.480 e. The van der Waals surface area contributed by atoms with E-state index in [-0.39, 0.29) is 18.7 Å². The van der Waals surface area contributed by atoms with Crippen LogP contribution in [-0.2, 0) is 4.79 Å². The minimum absolute atomic E-state index is 0.123. The molecule has 0 aromatic carbocycles. The summed E-state index contributed by atoms with van der Waals surface area (Å²) in [6.07, 6.45) is 3.30. The fourth-order valence-electron chi connectivity index (χ4n) is 2.06. The Bertz CT molecular complexity index is 283. The first-order valence-corrected chi connectivity index (χ1v) is 5.97. The maximum absolute atomic E-state index is 11.8. The molecular weight excluding hydrogens is 224 g/mol. The van der Waals surface area contributed by atoms with Crippen molar-refractivity contribution in [3.05, 3.63) is 0 Å². The van der Waals surface area contributed by atoms with Crippen LogP contribution in [0.2, 0.25) is 0 Å². The Hall–Kier alpha value is -1.30. The topological polar surface area (TPSA) is 89.9 Å². The van der Waals surface area contributed by atoms with E-state index in [1.54, 1.807) is 4.90 Å². The third-order valence-electron chi connectivity index (χ3n) is 3.04. The van der Waals surface area contributed by atoms with E-state index in [9.17, 15) is 9.59 Å². The summed E-state index contributed by atoms with van der Waals surface area (Å²) in [6, 6.07) is -1.06. The molecule has 0 aromatic heterocycles. The van der Waals surface area contributed by atoms with Crippen LogP contribution in [0.15, 0.2) is 0 Å². The molecule has 2 amide bonds. The molecule has 2 atom stereocenters. The predicted octanol–water partition coefficient (Wildman–Crippen LogP) is 0.406. The Kier molecular flexibility index (Phi) is 5.21. The maximum Gasteiger partial charge on any atom is 0.325 e. The molecule has 3 N–H and O–H groups in total. The number of nitrogens with one attached hydrogen (secondary N) is 1. The Labute approximate surface area is 101 Å². The van der Waals surface area contributed by atoms with Crippen molar-refractivity contribution in [3.8, 4) is 0 Å². The van der Waals surface area contributed by atoms with Gasteiger partial charge in [-0.1, -0.05) is 0 Å². The number of amides is 2. The number of nitrogens with zero attached hydrogens (tertiary/aromatic N) is 1. The summed E-state index contributed by atoms with van der Waals surface area (Å²) >= 11 is 0. The number of carboxylic acid groups (broad SMARTS) is 1. The van der Waals surface area contributed by atoms with Gasteiger partial charge in [0, 0.05) is 19.2 Å². The third-order valence-corrected chi connectivity index (χ3v) is 3.04. The van der Waals surface area contributed by atoms with Gasteiger partial charge in [0.1, 0.15) is 6.04 Å². The second-order valence-electron chi connectivity index (χ2n) is 4.36. The first kappa shape index (κ1) is 13.8. The van der Waals surface area contributed by atoms with Crippen LogP contribution in [0.4, 0.5) is 4.79 Å². The summed E-state index contributed by atoms with van der Waals surface area (Å²) in [6.45, 7) is 2.23. The normalized spacial score (nSPS) is 21.3. The molecule has 0 radical (unpaired) electrons. The molecule has 6 nitrogen and oxygen atoms in total. The first-order chi connectivity index (χ1) is 8.06. The van der Waals surface area contributed by atoms with Crippen LogP contribution < -0.4 is 5.32 Å². The average Bonchev–Trinajstić information content (AvgIpc) is 2.74. The van der Waals surface area contributed by atoms with Gasteiger partial charge in [-0.2, -0.15) is 0 Å². The molecule has 1 aliphatic heterocycles. The molecule has 1 heterocycles. The van der Waals surface area contributed by atoms with Gasteiger partial charge in [0.25, 0.3) is 0 Å². The highest BCUT2D eigenvalue weighted by molar-refractivity contribution is 5.82.